The van der Waals surface area contributed by atoms with E-state index in [0.717, 1.165) is 11.1 Å². The summed E-state index contributed by atoms with van der Waals surface area (Å²) in [5.74, 6) is 0. The molecule has 0 aliphatic carbocycles. The molecule has 2 rings (SSSR count). The van der Waals surface area contributed by atoms with Crippen molar-refractivity contribution < 1.29 is 14.3 Å². The molecule has 2 aromatic carbocycles. The molecule has 5 heteroatoms. The molecule has 4 N–H and O–H groups in total. The molecule has 0 aromatic heterocycles. The molecule has 128 valence electrons. The largest absolute Gasteiger partial charge is 0.510 e. The number of benzene rings is 2. The van der Waals surface area contributed by atoms with E-state index in [-0.39, 0.29) is 0 Å². The molecule has 0 saturated heterocycles. The number of nitrogen functional groups attached to an aromatic ring is 2. The molecule has 0 saturated carbocycles. The Labute approximate surface area is 142 Å². The molecule has 24 heavy (non-hydrogen) atoms. The first-order valence-electron chi connectivity index (χ1n) is 7.74. The predicted molar refractivity (Wildman–Crippen MR) is 95.3 cm³/mol. The van der Waals surface area contributed by atoms with E-state index in [1.165, 1.54) is 0 Å². The summed E-state index contributed by atoms with van der Waals surface area (Å²) in [6.07, 6.45) is -0.755. The zero-order valence-corrected chi connectivity index (χ0v) is 14.5. The Kier molecular flexibility index (Phi) is 4.73. The van der Waals surface area contributed by atoms with E-state index >= 15 is 0 Å². The Bertz CT molecular complexity index is 677. The van der Waals surface area contributed by atoms with Crippen molar-refractivity contribution in [2.75, 3.05) is 11.5 Å². The molecule has 0 radical (unpaired) electrons. The van der Waals surface area contributed by atoms with E-state index in [2.05, 4.69) is 0 Å². The second-order valence-corrected chi connectivity index (χ2v) is 6.73. The monoisotopic (exact) mass is 328 g/mol. The van der Waals surface area contributed by atoms with Gasteiger partial charge in [-0.15, -0.1) is 0 Å². The van der Waals surface area contributed by atoms with Crippen LogP contribution >= 0.6 is 0 Å². The van der Waals surface area contributed by atoms with Crippen molar-refractivity contribution in [2.45, 2.75) is 38.9 Å². The molecule has 0 bridgehead atoms. The van der Waals surface area contributed by atoms with Crippen molar-refractivity contribution in [3.05, 3.63) is 59.7 Å². The topological polar surface area (TPSA) is 87.6 Å². The molecule has 5 nitrogen and oxygen atoms in total. The average molecular weight is 328 g/mol. The van der Waals surface area contributed by atoms with Crippen LogP contribution in [-0.2, 0) is 20.7 Å². The molecule has 2 aromatic rings. The maximum atomic E-state index is 12.3. The van der Waals surface area contributed by atoms with Gasteiger partial charge < -0.3 is 20.9 Å². The predicted octanol–water partition coefficient (Wildman–Crippen LogP) is 4.17. The first-order valence-corrected chi connectivity index (χ1v) is 7.74. The summed E-state index contributed by atoms with van der Waals surface area (Å²) in [4.78, 5) is 12.3. The number of carbonyl (C=O) groups is 1. The number of hydrogen-bond donors (Lipinski definition) is 2. The molecule has 0 fully saturated rings. The molecule has 0 amide bonds. The number of carbonyl (C=O) groups excluding carboxylic acids is 1. The lowest BCUT2D eigenvalue weighted by Gasteiger charge is -2.30. The average Bonchev–Trinajstić information content (AvgIpc) is 2.46. The van der Waals surface area contributed by atoms with Crippen molar-refractivity contribution in [1.29, 1.82) is 0 Å². The van der Waals surface area contributed by atoms with Crippen molar-refractivity contribution >= 4 is 17.5 Å². The van der Waals surface area contributed by atoms with Gasteiger partial charge in [0, 0.05) is 11.4 Å². The van der Waals surface area contributed by atoms with Gasteiger partial charge in [0.05, 0.1) is 0 Å². The fourth-order valence-electron chi connectivity index (χ4n) is 2.38. The Morgan fingerprint density at radius 3 is 1.50 bits per heavy atom. The molecule has 0 atom stereocenters. The SMILES string of the molecule is CC(C)(OC(=O)OC(C)(C)c1cccc(N)c1)c1cccc(N)c1. The van der Waals surface area contributed by atoms with Gasteiger partial charge in [0.15, 0.2) is 0 Å². The second kappa shape index (κ2) is 6.43. The van der Waals surface area contributed by atoms with Crippen molar-refractivity contribution in [1.82, 2.24) is 0 Å². The van der Waals surface area contributed by atoms with Gasteiger partial charge in [-0.25, -0.2) is 4.79 Å². The van der Waals surface area contributed by atoms with Gasteiger partial charge in [-0.05, 0) is 63.1 Å². The van der Waals surface area contributed by atoms with Crippen molar-refractivity contribution in [3.8, 4) is 0 Å². The molecular formula is C19H24N2O3. The van der Waals surface area contributed by atoms with E-state index in [9.17, 15) is 4.79 Å². The van der Waals surface area contributed by atoms with E-state index < -0.39 is 17.4 Å². The number of rotatable bonds is 4. The molecule has 0 aliphatic rings. The normalized spacial score (nSPS) is 11.8. The third-order valence-corrected chi connectivity index (χ3v) is 3.84. The maximum absolute atomic E-state index is 12.3. The van der Waals surface area contributed by atoms with Crippen LogP contribution in [0.3, 0.4) is 0 Å². The van der Waals surface area contributed by atoms with Gasteiger partial charge in [-0.2, -0.15) is 0 Å². The number of nitrogens with two attached hydrogens (primary N) is 2. The van der Waals surface area contributed by atoms with Crippen LogP contribution in [0.15, 0.2) is 48.5 Å². The van der Waals surface area contributed by atoms with E-state index in [1.807, 2.05) is 24.3 Å². The lowest BCUT2D eigenvalue weighted by Crippen LogP contribution is -2.31. The fourth-order valence-corrected chi connectivity index (χ4v) is 2.38. The molecular weight excluding hydrogens is 304 g/mol. The van der Waals surface area contributed by atoms with E-state index in [1.54, 1.807) is 52.0 Å². The lowest BCUT2D eigenvalue weighted by molar-refractivity contribution is -0.0633. The van der Waals surface area contributed by atoms with Crippen LogP contribution in [0.4, 0.5) is 16.2 Å². The first-order chi connectivity index (χ1) is 11.1. The second-order valence-electron chi connectivity index (χ2n) is 6.73. The fraction of sp³-hybridized carbons (Fsp3) is 0.316. The Morgan fingerprint density at radius 2 is 1.17 bits per heavy atom. The quantitative estimate of drug-likeness (QED) is 0.649. The Hall–Kier alpha value is -2.69. The zero-order chi connectivity index (χ0) is 18.0. The minimum absolute atomic E-state index is 0.609. The standard InChI is InChI=1S/C19H24N2O3/c1-18(2,13-7-5-9-15(20)11-13)23-17(22)24-19(3,4)14-8-6-10-16(21)12-14/h5-12H,20-21H2,1-4H3. The highest BCUT2D eigenvalue weighted by atomic mass is 16.7. The molecule has 0 unspecified atom stereocenters. The van der Waals surface area contributed by atoms with Crippen molar-refractivity contribution in [3.63, 3.8) is 0 Å². The minimum atomic E-state index is -0.863. The highest BCUT2D eigenvalue weighted by molar-refractivity contribution is 5.62. The van der Waals surface area contributed by atoms with Crippen LogP contribution in [0.25, 0.3) is 0 Å². The van der Waals surface area contributed by atoms with Gasteiger partial charge in [0.2, 0.25) is 0 Å². The third kappa shape index (κ3) is 4.19. The number of ether oxygens (including phenoxy) is 2. The smallest absolute Gasteiger partial charge is 0.423 e. The van der Waals surface area contributed by atoms with Gasteiger partial charge in [-0.1, -0.05) is 24.3 Å². The Morgan fingerprint density at radius 1 is 0.792 bits per heavy atom. The highest BCUT2D eigenvalue weighted by Gasteiger charge is 2.31. The van der Waals surface area contributed by atoms with Gasteiger partial charge >= 0.3 is 6.16 Å². The van der Waals surface area contributed by atoms with Crippen LogP contribution in [0.5, 0.6) is 0 Å². The van der Waals surface area contributed by atoms with Crippen LogP contribution < -0.4 is 11.5 Å². The van der Waals surface area contributed by atoms with Gasteiger partial charge in [0.25, 0.3) is 0 Å². The molecule has 0 heterocycles. The summed E-state index contributed by atoms with van der Waals surface area (Å²) in [6.45, 7) is 7.15. The molecule has 0 spiro atoms. The van der Waals surface area contributed by atoms with E-state index in [0.29, 0.717) is 11.4 Å². The van der Waals surface area contributed by atoms with Crippen LogP contribution in [0.1, 0.15) is 38.8 Å². The minimum Gasteiger partial charge on any atom is -0.423 e. The van der Waals surface area contributed by atoms with Crippen LogP contribution in [-0.4, -0.2) is 6.16 Å². The summed E-state index contributed by atoms with van der Waals surface area (Å²) in [7, 11) is 0. The number of hydrogen-bond acceptors (Lipinski definition) is 5. The highest BCUT2D eigenvalue weighted by Crippen LogP contribution is 2.30. The summed E-state index contributed by atoms with van der Waals surface area (Å²) < 4.78 is 11.0. The van der Waals surface area contributed by atoms with Gasteiger partial charge in [0.1, 0.15) is 11.2 Å². The zero-order valence-electron chi connectivity index (χ0n) is 14.5. The van der Waals surface area contributed by atoms with Crippen molar-refractivity contribution in [2.24, 2.45) is 0 Å². The molecule has 0 aliphatic heterocycles. The summed E-state index contributed by atoms with van der Waals surface area (Å²) in [5, 5.41) is 0. The third-order valence-electron chi connectivity index (χ3n) is 3.84. The lowest BCUT2D eigenvalue weighted by atomic mass is 9.97. The number of anilines is 2. The summed E-state index contributed by atoms with van der Waals surface area (Å²) >= 11 is 0. The van der Waals surface area contributed by atoms with Gasteiger partial charge in [-0.3, -0.25) is 0 Å². The van der Waals surface area contributed by atoms with Crippen LogP contribution in [0, 0.1) is 0 Å². The first kappa shape index (κ1) is 17.7. The summed E-state index contributed by atoms with van der Waals surface area (Å²) in [6, 6.07) is 14.4. The van der Waals surface area contributed by atoms with Crippen LogP contribution in [0.2, 0.25) is 0 Å². The maximum Gasteiger partial charge on any atom is 0.510 e. The van der Waals surface area contributed by atoms with E-state index in [4.69, 9.17) is 20.9 Å². The summed E-state index contributed by atoms with van der Waals surface area (Å²) in [5.41, 5.74) is 12.7. The Balaban J connectivity index is 2.12.